The van der Waals surface area contributed by atoms with Crippen molar-refractivity contribution in [2.24, 2.45) is 0 Å². The summed E-state index contributed by atoms with van der Waals surface area (Å²) in [5, 5.41) is 6.23. The molecule has 0 amide bonds. The molecule has 0 atom stereocenters. The highest BCUT2D eigenvalue weighted by Crippen LogP contribution is 2.32. The van der Waals surface area contributed by atoms with Crippen molar-refractivity contribution in [2.45, 2.75) is 0 Å². The van der Waals surface area contributed by atoms with Crippen molar-refractivity contribution < 1.29 is 4.52 Å². The molecular weight excluding hydrogens is 174 g/mol. The first-order valence-electron chi connectivity index (χ1n) is 3.46. The maximum atomic E-state index is 10.9. The Morgan fingerprint density at radius 3 is 3.00 bits per heavy atom. The molecule has 3 nitrogen and oxygen atoms in total. The van der Waals surface area contributed by atoms with Crippen molar-refractivity contribution in [1.29, 1.82) is 0 Å². The number of rotatable bonds is 1. The average Bonchev–Trinajstić information content (AvgIpc) is 2.65. The summed E-state index contributed by atoms with van der Waals surface area (Å²) in [5.41, 5.74) is 0.531. The minimum Gasteiger partial charge on any atom is -0.354 e. The Labute approximate surface area is 70.9 Å². The Balaban J connectivity index is 2.32. The lowest BCUT2D eigenvalue weighted by atomic mass is 10.3. The summed E-state index contributed by atoms with van der Waals surface area (Å²) in [5.74, 6) is 0.630. The van der Waals surface area contributed by atoms with E-state index in [1.165, 1.54) is 0 Å². The molecule has 0 unspecified atom stereocenters. The van der Waals surface area contributed by atoms with Crippen molar-refractivity contribution in [2.75, 3.05) is 0 Å². The highest BCUT2D eigenvalue weighted by Gasteiger charge is 2.25. The molecule has 1 aromatic carbocycles. The standard InChI is InChI=1S/C8H3NO2S/c10-7-5-6(7)9-11-8(5)4-2-1-3-12-4/h1-3H. The Morgan fingerprint density at radius 2 is 2.42 bits per heavy atom. The van der Waals surface area contributed by atoms with Gasteiger partial charge in [0.05, 0.1) is 4.88 Å². The molecular formula is C8H3NO2S. The number of hydrogen-bond donors (Lipinski definition) is 0. The van der Waals surface area contributed by atoms with E-state index in [0.717, 1.165) is 4.88 Å². The van der Waals surface area contributed by atoms with Crippen molar-refractivity contribution in [1.82, 2.24) is 5.16 Å². The van der Waals surface area contributed by atoms with Gasteiger partial charge >= 0.3 is 0 Å². The van der Waals surface area contributed by atoms with Crippen molar-refractivity contribution >= 4 is 22.2 Å². The minimum atomic E-state index is 0.0321. The molecule has 12 heavy (non-hydrogen) atoms. The predicted molar refractivity (Wildman–Crippen MR) is 46.0 cm³/mol. The lowest BCUT2D eigenvalue weighted by molar-refractivity contribution is 0.440. The quantitative estimate of drug-likeness (QED) is 0.569. The third-order valence-corrected chi connectivity index (χ3v) is 2.69. The molecule has 2 heterocycles. The zero-order valence-electron chi connectivity index (χ0n) is 5.90. The van der Waals surface area contributed by atoms with E-state index in [-0.39, 0.29) is 5.43 Å². The van der Waals surface area contributed by atoms with Gasteiger partial charge < -0.3 is 4.52 Å². The van der Waals surface area contributed by atoms with E-state index in [9.17, 15) is 4.79 Å². The van der Waals surface area contributed by atoms with E-state index >= 15 is 0 Å². The van der Waals surface area contributed by atoms with E-state index in [2.05, 4.69) is 5.16 Å². The summed E-state index contributed by atoms with van der Waals surface area (Å²) in [4.78, 5) is 11.9. The molecule has 0 aliphatic heterocycles. The SMILES string of the molecule is O=c1c2noc(-c3cccs3)c12. The smallest absolute Gasteiger partial charge is 0.222 e. The Bertz CT molecular complexity index is 540. The largest absolute Gasteiger partial charge is 0.354 e. The van der Waals surface area contributed by atoms with E-state index in [4.69, 9.17) is 4.52 Å². The molecule has 0 saturated carbocycles. The van der Waals surface area contributed by atoms with E-state index in [1.807, 2.05) is 17.5 Å². The van der Waals surface area contributed by atoms with Gasteiger partial charge in [0, 0.05) is 0 Å². The molecule has 3 rings (SSSR count). The van der Waals surface area contributed by atoms with Crippen LogP contribution in [0.2, 0.25) is 0 Å². The molecule has 0 bridgehead atoms. The van der Waals surface area contributed by atoms with E-state index < -0.39 is 0 Å². The number of hydrogen-bond acceptors (Lipinski definition) is 4. The lowest BCUT2D eigenvalue weighted by Crippen LogP contribution is -1.77. The molecule has 0 aliphatic rings. The molecule has 0 aliphatic carbocycles. The van der Waals surface area contributed by atoms with Crippen molar-refractivity contribution in [3.05, 3.63) is 27.7 Å². The van der Waals surface area contributed by atoms with Gasteiger partial charge in [-0.1, -0.05) is 11.2 Å². The second kappa shape index (κ2) is 1.84. The van der Waals surface area contributed by atoms with E-state index in [1.54, 1.807) is 11.3 Å². The summed E-state index contributed by atoms with van der Waals surface area (Å²) in [6.45, 7) is 0. The third-order valence-electron chi connectivity index (χ3n) is 1.82. The molecule has 3 aromatic rings. The van der Waals surface area contributed by atoms with Crippen LogP contribution in [0, 0.1) is 0 Å². The van der Waals surface area contributed by atoms with Gasteiger partial charge in [-0.15, -0.1) is 11.3 Å². The molecule has 4 heteroatoms. The van der Waals surface area contributed by atoms with Gasteiger partial charge in [0.15, 0.2) is 11.3 Å². The van der Waals surface area contributed by atoms with Gasteiger partial charge in [0.25, 0.3) is 0 Å². The molecule has 0 spiro atoms. The first-order valence-corrected chi connectivity index (χ1v) is 4.34. The lowest BCUT2D eigenvalue weighted by Gasteiger charge is -1.83. The van der Waals surface area contributed by atoms with Crippen LogP contribution in [-0.2, 0) is 0 Å². The van der Waals surface area contributed by atoms with Crippen LogP contribution in [0.1, 0.15) is 0 Å². The van der Waals surface area contributed by atoms with Crippen LogP contribution < -0.4 is 5.43 Å². The molecule has 0 saturated heterocycles. The van der Waals surface area contributed by atoms with Crippen molar-refractivity contribution in [3.63, 3.8) is 0 Å². The topological polar surface area (TPSA) is 43.1 Å². The second-order valence-electron chi connectivity index (χ2n) is 2.54. The normalized spacial score (nSPS) is 11.7. The first kappa shape index (κ1) is 6.14. The fourth-order valence-corrected chi connectivity index (χ4v) is 1.88. The molecule has 0 radical (unpaired) electrons. The Hall–Kier alpha value is -1.42. The van der Waals surface area contributed by atoms with Crippen LogP contribution in [0.5, 0.6) is 0 Å². The van der Waals surface area contributed by atoms with Crippen LogP contribution in [0.3, 0.4) is 0 Å². The van der Waals surface area contributed by atoms with Gasteiger partial charge in [0.1, 0.15) is 5.39 Å². The monoisotopic (exact) mass is 177 g/mol. The predicted octanol–water partition coefficient (Wildman–Crippen LogP) is 1.79. The summed E-state index contributed by atoms with van der Waals surface area (Å²) >= 11 is 1.54. The average molecular weight is 177 g/mol. The van der Waals surface area contributed by atoms with Gasteiger partial charge in [-0.05, 0) is 11.4 Å². The first-order chi connectivity index (χ1) is 5.88. The molecule has 0 N–H and O–H groups in total. The fourth-order valence-electron chi connectivity index (χ4n) is 1.17. The number of fused-ring (bicyclic) bond motifs is 1. The maximum absolute atomic E-state index is 10.9. The number of nitrogens with zero attached hydrogens (tertiary/aromatic N) is 1. The van der Waals surface area contributed by atoms with Crippen LogP contribution in [0.15, 0.2) is 26.8 Å². The molecule has 58 valence electrons. The summed E-state index contributed by atoms with van der Waals surface area (Å²) in [6.07, 6.45) is 0. The molecule has 2 aromatic heterocycles. The van der Waals surface area contributed by atoms with Gasteiger partial charge in [-0.3, -0.25) is 4.79 Å². The van der Waals surface area contributed by atoms with Crippen LogP contribution >= 0.6 is 11.3 Å². The number of aromatic nitrogens is 1. The van der Waals surface area contributed by atoms with Gasteiger partial charge in [0.2, 0.25) is 5.43 Å². The van der Waals surface area contributed by atoms with Crippen LogP contribution in [-0.4, -0.2) is 5.16 Å². The third kappa shape index (κ3) is 0.604. The second-order valence-corrected chi connectivity index (χ2v) is 3.49. The van der Waals surface area contributed by atoms with Crippen LogP contribution in [0.25, 0.3) is 21.5 Å². The zero-order valence-corrected chi connectivity index (χ0v) is 6.72. The van der Waals surface area contributed by atoms with Crippen molar-refractivity contribution in [3.8, 4) is 10.6 Å². The summed E-state index contributed by atoms with van der Waals surface area (Å²) in [7, 11) is 0. The van der Waals surface area contributed by atoms with Gasteiger partial charge in [-0.2, -0.15) is 0 Å². The van der Waals surface area contributed by atoms with E-state index in [0.29, 0.717) is 16.7 Å². The number of thiophene rings is 1. The van der Waals surface area contributed by atoms with Gasteiger partial charge in [-0.25, -0.2) is 0 Å². The maximum Gasteiger partial charge on any atom is 0.222 e. The summed E-state index contributed by atoms with van der Waals surface area (Å²) in [6, 6.07) is 3.83. The highest BCUT2D eigenvalue weighted by atomic mass is 32.1. The minimum absolute atomic E-state index is 0.0321. The summed E-state index contributed by atoms with van der Waals surface area (Å²) < 4.78 is 4.99. The van der Waals surface area contributed by atoms with Crippen LogP contribution in [0.4, 0.5) is 0 Å². The Kier molecular flexibility index (Phi) is 0.941. The highest BCUT2D eigenvalue weighted by molar-refractivity contribution is 7.13. The fraction of sp³-hybridized carbons (Fsp3) is 0. The Morgan fingerprint density at radius 1 is 1.50 bits per heavy atom. The molecule has 0 fully saturated rings. The zero-order chi connectivity index (χ0) is 8.13.